The zero-order chi connectivity index (χ0) is 4.28. The van der Waals surface area contributed by atoms with Crippen LogP contribution in [0.2, 0.25) is 0 Å². The van der Waals surface area contributed by atoms with Crippen molar-refractivity contribution < 1.29 is 0 Å². The highest BCUT2D eigenvalue weighted by Gasteiger charge is 1.90. The Kier molecular flexibility index (Phi) is 4.99. The van der Waals surface area contributed by atoms with Crippen LogP contribution in [0.5, 0.6) is 0 Å². The van der Waals surface area contributed by atoms with E-state index in [1.807, 2.05) is 0 Å². The van der Waals surface area contributed by atoms with E-state index in [4.69, 9.17) is 32.1 Å². The molecule has 4 heteroatoms. The maximum absolute atomic E-state index is 5.18. The van der Waals surface area contributed by atoms with Gasteiger partial charge < -0.3 is 0 Å². The molecule has 0 aliphatic rings. The van der Waals surface area contributed by atoms with E-state index in [-0.39, 0.29) is 2.84 Å². The normalized spacial score (nSPS) is 9.60. The molecule has 0 aliphatic carbocycles. The number of halogens is 4. The fourth-order valence-electron chi connectivity index (χ4n) is 0. The van der Waals surface area contributed by atoms with E-state index in [0.717, 1.165) is 0 Å². The Morgan fingerprint density at radius 2 is 1.60 bits per heavy atom. The second-order valence-electron chi connectivity index (χ2n) is 0.330. The van der Waals surface area contributed by atoms with Gasteiger partial charge in [-0.05, 0) is 20.1 Å². The molecule has 0 N–H and O–H groups in total. The first-order chi connectivity index (χ1) is 2.27. The fourth-order valence-corrected chi connectivity index (χ4v) is 0. The Morgan fingerprint density at radius 3 is 1.60 bits per heavy atom. The minimum absolute atomic E-state index is 0.296. The van der Waals surface area contributed by atoms with E-state index in [2.05, 4.69) is 0 Å². The maximum atomic E-state index is 5.18. The predicted octanol–water partition coefficient (Wildman–Crippen LogP) is 2.87. The molecular weight excluding hydrogens is 245 g/mol. The van der Waals surface area contributed by atoms with E-state index in [9.17, 15) is 0 Å². The summed E-state index contributed by atoms with van der Waals surface area (Å²) >= 11 is 9.84. The van der Waals surface area contributed by atoms with Gasteiger partial charge in [0.15, 0.2) is 2.84 Å². The molecule has 0 aliphatic heterocycles. The fraction of sp³-hybridized carbons (Fsp3) is 1.00. The highest BCUT2D eigenvalue weighted by Crippen LogP contribution is 2.30. The lowest BCUT2D eigenvalue weighted by atomic mass is 11.9. The molecule has 0 aromatic rings. The standard InChI is InChI=1S/CHCl3I/c2-1(3)5-4/h1H. The van der Waals surface area contributed by atoms with Crippen molar-refractivity contribution in [3.05, 3.63) is 0 Å². The second kappa shape index (κ2) is 3.78. The molecule has 33 valence electrons. The molecule has 0 atom stereocenters. The summed E-state index contributed by atoms with van der Waals surface area (Å²) in [7, 11) is 5.18. The zero-order valence-corrected chi connectivity index (χ0v) is 6.51. The molecule has 0 aromatic heterocycles. The zero-order valence-electron chi connectivity index (χ0n) is 2.09. The molecule has 5 heavy (non-hydrogen) atoms. The van der Waals surface area contributed by atoms with E-state index in [0.29, 0.717) is 0 Å². The van der Waals surface area contributed by atoms with Gasteiger partial charge in [-0.1, -0.05) is 32.1 Å². The van der Waals surface area contributed by atoms with Gasteiger partial charge in [0, 0.05) is 0 Å². The van der Waals surface area contributed by atoms with Gasteiger partial charge in [0.1, 0.15) is 0 Å². The topological polar surface area (TPSA) is 0 Å². The minimum Gasteiger partial charge on any atom is -0.0931 e. The Hall–Kier alpha value is 1.60. The van der Waals surface area contributed by atoms with Crippen LogP contribution in [0.1, 0.15) is 0 Å². The van der Waals surface area contributed by atoms with Crippen molar-refractivity contribution >= 4 is 52.2 Å². The molecule has 0 saturated carbocycles. The molecule has 0 aromatic carbocycles. The average molecular weight is 246 g/mol. The monoisotopic (exact) mass is 245 g/mol. The Bertz CT molecular complexity index is 20.9. The van der Waals surface area contributed by atoms with E-state index < -0.39 is 20.1 Å². The Balaban J connectivity index is 2.54. The van der Waals surface area contributed by atoms with Crippen LogP contribution < -0.4 is 0 Å². The highest BCUT2D eigenvalue weighted by molar-refractivity contribution is 14.2. The van der Waals surface area contributed by atoms with Crippen molar-refractivity contribution in [3.63, 3.8) is 0 Å². The molecule has 0 fully saturated rings. The number of hydrogen-bond donors (Lipinski definition) is 0. The summed E-state index contributed by atoms with van der Waals surface area (Å²) in [5.74, 6) is 0. The van der Waals surface area contributed by atoms with E-state index >= 15 is 0 Å². The summed E-state index contributed by atoms with van der Waals surface area (Å²) < 4.78 is -0.296. The molecule has 0 amide bonds. The van der Waals surface area contributed by atoms with Crippen LogP contribution in [0.4, 0.5) is 0 Å². The average Bonchev–Trinajstić information content (AvgIpc) is 1.38. The van der Waals surface area contributed by atoms with Gasteiger partial charge in [0.25, 0.3) is 0 Å². The quantitative estimate of drug-likeness (QED) is 0.493. The largest absolute Gasteiger partial charge is 0.163 e. The van der Waals surface area contributed by atoms with Gasteiger partial charge >= 0.3 is 0 Å². The van der Waals surface area contributed by atoms with Crippen molar-refractivity contribution in [1.82, 2.24) is 0 Å². The molecule has 0 rings (SSSR count). The molecular formula is CHCl3I. The van der Waals surface area contributed by atoms with Crippen molar-refractivity contribution in [3.8, 4) is 0 Å². The van der Waals surface area contributed by atoms with Crippen LogP contribution in [0.3, 0.4) is 0 Å². The summed E-state index contributed by atoms with van der Waals surface area (Å²) in [6.45, 7) is 0. The lowest BCUT2D eigenvalue weighted by Gasteiger charge is -1.81. The molecule has 0 nitrogen and oxygen atoms in total. The molecule has 0 heterocycles. The van der Waals surface area contributed by atoms with Crippen molar-refractivity contribution in [1.29, 1.82) is 0 Å². The lowest BCUT2D eigenvalue weighted by Crippen LogP contribution is -1.58. The summed E-state index contributed by atoms with van der Waals surface area (Å²) in [6, 6.07) is 0. The third-order valence-electron chi connectivity index (χ3n) is 0.0623. The Morgan fingerprint density at radius 1 is 1.40 bits per heavy atom. The van der Waals surface area contributed by atoms with Gasteiger partial charge in [-0.15, -0.1) is 0 Å². The first-order valence-corrected chi connectivity index (χ1v) is 5.65. The van der Waals surface area contributed by atoms with Crippen molar-refractivity contribution in [2.45, 2.75) is 2.84 Å². The predicted molar refractivity (Wildman–Crippen MR) is 35.4 cm³/mol. The third-order valence-corrected chi connectivity index (χ3v) is 3.76. The van der Waals surface area contributed by atoms with Gasteiger partial charge in [-0.2, -0.15) is 0 Å². The summed E-state index contributed by atoms with van der Waals surface area (Å²) in [5.41, 5.74) is 0. The van der Waals surface area contributed by atoms with Crippen LogP contribution in [-0.4, -0.2) is 2.84 Å². The Labute approximate surface area is 54.7 Å². The number of alkyl halides is 3. The smallest absolute Gasteiger partial charge is 0.0931 e. The summed E-state index contributed by atoms with van der Waals surface area (Å²) in [6.07, 6.45) is 0. The molecule has 0 spiro atoms. The number of hydrogen-bond acceptors (Lipinski definition) is 0. The first kappa shape index (κ1) is 6.60. The molecule has 0 bridgehead atoms. The second-order valence-corrected chi connectivity index (χ2v) is 5.72. The van der Waals surface area contributed by atoms with Crippen molar-refractivity contribution in [2.75, 3.05) is 0 Å². The first-order valence-electron chi connectivity index (χ1n) is 0.798. The molecule has 0 saturated heterocycles. The number of rotatable bonds is 1. The van der Waals surface area contributed by atoms with E-state index in [1.54, 1.807) is 0 Å². The van der Waals surface area contributed by atoms with Crippen LogP contribution in [0, 0.1) is 0 Å². The highest BCUT2D eigenvalue weighted by atomic mass is 127. The SMILES string of the molecule is Cl[I]C(Cl)Cl. The van der Waals surface area contributed by atoms with Crippen LogP contribution in [0.25, 0.3) is 0 Å². The lowest BCUT2D eigenvalue weighted by molar-refractivity contribution is 2.11. The van der Waals surface area contributed by atoms with Gasteiger partial charge in [0.05, 0.1) is 0 Å². The minimum atomic E-state index is -0.449. The van der Waals surface area contributed by atoms with E-state index in [1.165, 1.54) is 0 Å². The maximum Gasteiger partial charge on any atom is 0.163 e. The van der Waals surface area contributed by atoms with Gasteiger partial charge in [0.2, 0.25) is 0 Å². The van der Waals surface area contributed by atoms with Crippen molar-refractivity contribution in [2.24, 2.45) is 0 Å². The summed E-state index contributed by atoms with van der Waals surface area (Å²) in [4.78, 5) is 0. The van der Waals surface area contributed by atoms with Crippen LogP contribution in [0.15, 0.2) is 0 Å². The summed E-state index contributed by atoms with van der Waals surface area (Å²) in [5, 5.41) is 0. The molecule has 0 unspecified atom stereocenters. The van der Waals surface area contributed by atoms with Crippen LogP contribution >= 0.6 is 52.2 Å². The van der Waals surface area contributed by atoms with Gasteiger partial charge in [-0.25, -0.2) is 0 Å². The van der Waals surface area contributed by atoms with Gasteiger partial charge in [-0.3, -0.25) is 0 Å². The molecule has 1 radical (unpaired) electrons. The van der Waals surface area contributed by atoms with Crippen LogP contribution in [-0.2, 0) is 0 Å². The third kappa shape index (κ3) is 5.60.